The van der Waals surface area contributed by atoms with Crippen LogP contribution in [0.1, 0.15) is 29.6 Å². The number of halogens is 1. The van der Waals surface area contributed by atoms with Gasteiger partial charge in [-0.3, -0.25) is 0 Å². The number of nitrogens with zero attached hydrogens (tertiary/aromatic N) is 1. The van der Waals surface area contributed by atoms with Crippen LogP contribution in [0.4, 0.5) is 4.39 Å². The molecule has 3 aliphatic heterocycles. The Hall–Kier alpha value is -2.08. The maximum Gasteiger partial charge on any atom is 0.340 e. The van der Waals surface area contributed by atoms with Crippen molar-refractivity contribution in [2.75, 3.05) is 33.4 Å². The summed E-state index contributed by atoms with van der Waals surface area (Å²) < 4.78 is 24.4. The maximum absolute atomic E-state index is 13.8. The van der Waals surface area contributed by atoms with Crippen molar-refractivity contribution in [3.05, 3.63) is 29.7 Å². The third-order valence-electron chi connectivity index (χ3n) is 5.56. The summed E-state index contributed by atoms with van der Waals surface area (Å²) in [5.74, 6) is -0.702. The lowest BCUT2D eigenvalue weighted by Crippen LogP contribution is -2.50. The summed E-state index contributed by atoms with van der Waals surface area (Å²) in [4.78, 5) is 17.9. The monoisotopic (exact) mass is 332 g/mol. The summed E-state index contributed by atoms with van der Waals surface area (Å²) in [7, 11) is 1.41. The largest absolute Gasteiger partial charge is 0.494 e. The standard InChI is InChI=1S/C18H21FN2O3/c1-23-16-8-12-13(10-20-15(12)9-14(16)19)17(22)24-11-18-2-5-21(6-3-18)7-4-18/h8-10,20H,2-7,11H2,1H3. The molecule has 24 heavy (non-hydrogen) atoms. The van der Waals surface area contributed by atoms with Crippen molar-refractivity contribution < 1.29 is 18.7 Å². The molecule has 1 N–H and O–H groups in total. The molecule has 5 nitrogen and oxygen atoms in total. The van der Waals surface area contributed by atoms with Crippen LogP contribution >= 0.6 is 0 Å². The first-order valence-corrected chi connectivity index (χ1v) is 8.34. The molecule has 0 atom stereocenters. The molecule has 2 bridgehead atoms. The molecule has 0 radical (unpaired) electrons. The average molecular weight is 332 g/mol. The fourth-order valence-corrected chi connectivity index (χ4v) is 3.86. The number of hydrogen-bond acceptors (Lipinski definition) is 4. The van der Waals surface area contributed by atoms with Crippen LogP contribution < -0.4 is 4.74 Å². The fourth-order valence-electron chi connectivity index (χ4n) is 3.86. The van der Waals surface area contributed by atoms with Crippen LogP contribution in [0.2, 0.25) is 0 Å². The van der Waals surface area contributed by atoms with Crippen LogP contribution in [0.15, 0.2) is 18.3 Å². The van der Waals surface area contributed by atoms with Crippen molar-refractivity contribution in [2.45, 2.75) is 19.3 Å². The summed E-state index contributed by atoms with van der Waals surface area (Å²) >= 11 is 0. The van der Waals surface area contributed by atoms with E-state index in [1.54, 1.807) is 6.20 Å². The molecule has 128 valence electrons. The van der Waals surface area contributed by atoms with Crippen molar-refractivity contribution in [1.82, 2.24) is 9.88 Å². The first-order chi connectivity index (χ1) is 11.6. The maximum atomic E-state index is 13.8. The van der Waals surface area contributed by atoms with E-state index < -0.39 is 5.82 Å². The molecule has 0 unspecified atom stereocenters. The summed E-state index contributed by atoms with van der Waals surface area (Å²) in [6.45, 7) is 3.76. The Balaban J connectivity index is 1.53. The molecule has 2 aromatic rings. The average Bonchev–Trinajstić information content (AvgIpc) is 3.03. The highest BCUT2D eigenvalue weighted by atomic mass is 19.1. The van der Waals surface area contributed by atoms with Gasteiger partial charge in [-0.05, 0) is 45.0 Å². The van der Waals surface area contributed by atoms with Crippen LogP contribution in [-0.4, -0.2) is 49.2 Å². The van der Waals surface area contributed by atoms with Crippen molar-refractivity contribution >= 4 is 16.9 Å². The third-order valence-corrected chi connectivity index (χ3v) is 5.56. The zero-order valence-electron chi connectivity index (χ0n) is 13.7. The van der Waals surface area contributed by atoms with Gasteiger partial charge >= 0.3 is 5.97 Å². The van der Waals surface area contributed by atoms with E-state index in [1.165, 1.54) is 19.2 Å². The number of carbonyl (C=O) groups is 1. The number of methoxy groups -OCH3 is 1. The van der Waals surface area contributed by atoms with Crippen molar-refractivity contribution in [3.8, 4) is 5.75 Å². The number of hydrogen-bond donors (Lipinski definition) is 1. The van der Waals surface area contributed by atoms with Gasteiger partial charge in [0.25, 0.3) is 0 Å². The van der Waals surface area contributed by atoms with E-state index in [1.807, 2.05) is 0 Å². The molecular formula is C18H21FN2O3. The SMILES string of the molecule is COc1cc2c(C(=O)OCC34CCN(CC3)CC4)c[nH]c2cc1F. The Labute approximate surface area is 139 Å². The molecule has 0 aliphatic carbocycles. The predicted octanol–water partition coefficient (Wildman–Crippen LogP) is 2.96. The number of ether oxygens (including phenoxy) is 2. The summed E-state index contributed by atoms with van der Waals surface area (Å²) in [6, 6.07) is 2.87. The van der Waals surface area contributed by atoms with Gasteiger partial charge in [-0.1, -0.05) is 0 Å². The number of nitrogens with one attached hydrogen (secondary N) is 1. The molecule has 3 saturated heterocycles. The van der Waals surface area contributed by atoms with Crippen LogP contribution in [0.5, 0.6) is 5.75 Å². The Morgan fingerprint density at radius 3 is 2.67 bits per heavy atom. The van der Waals surface area contributed by atoms with E-state index in [4.69, 9.17) is 9.47 Å². The number of H-pyrrole nitrogens is 1. The molecule has 0 spiro atoms. The third kappa shape index (κ3) is 2.55. The fraction of sp³-hybridized carbons (Fsp3) is 0.500. The van der Waals surface area contributed by atoms with E-state index in [2.05, 4.69) is 9.88 Å². The zero-order chi connectivity index (χ0) is 16.7. The van der Waals surface area contributed by atoms with Gasteiger partial charge in [0.2, 0.25) is 0 Å². The Bertz CT molecular complexity index is 764. The molecule has 3 fully saturated rings. The molecule has 3 aliphatic rings. The molecule has 4 heterocycles. The van der Waals surface area contributed by atoms with Gasteiger partial charge in [0.15, 0.2) is 11.6 Å². The van der Waals surface area contributed by atoms with E-state index in [9.17, 15) is 9.18 Å². The lowest BCUT2D eigenvalue weighted by molar-refractivity contribution is -0.0304. The zero-order valence-corrected chi connectivity index (χ0v) is 13.7. The summed E-state index contributed by atoms with van der Waals surface area (Å²) in [5, 5.41) is 0.620. The number of rotatable bonds is 4. The summed E-state index contributed by atoms with van der Waals surface area (Å²) in [6.07, 6.45) is 4.85. The lowest BCUT2D eigenvalue weighted by Gasteiger charge is -2.47. The molecule has 1 aromatic heterocycles. The quantitative estimate of drug-likeness (QED) is 0.875. The second-order valence-electron chi connectivity index (χ2n) is 6.90. The Morgan fingerprint density at radius 1 is 1.29 bits per heavy atom. The topological polar surface area (TPSA) is 54.6 Å². The minimum Gasteiger partial charge on any atom is -0.494 e. The predicted molar refractivity (Wildman–Crippen MR) is 87.8 cm³/mol. The molecule has 0 amide bonds. The minimum atomic E-state index is -0.459. The lowest BCUT2D eigenvalue weighted by atomic mass is 9.73. The number of carbonyl (C=O) groups excluding carboxylic acids is 1. The highest BCUT2D eigenvalue weighted by Crippen LogP contribution is 2.40. The second-order valence-corrected chi connectivity index (χ2v) is 6.90. The van der Waals surface area contributed by atoms with Gasteiger partial charge < -0.3 is 19.4 Å². The van der Waals surface area contributed by atoms with Crippen LogP contribution in [0, 0.1) is 11.2 Å². The van der Waals surface area contributed by atoms with E-state index in [-0.39, 0.29) is 17.1 Å². The Morgan fingerprint density at radius 2 is 2.00 bits per heavy atom. The molecule has 6 heteroatoms. The summed E-state index contributed by atoms with van der Waals surface area (Å²) in [5.41, 5.74) is 1.12. The van der Waals surface area contributed by atoms with E-state index in [0.29, 0.717) is 23.1 Å². The number of aromatic nitrogens is 1. The highest BCUT2D eigenvalue weighted by Gasteiger charge is 2.40. The van der Waals surface area contributed by atoms with Crippen LogP contribution in [-0.2, 0) is 4.74 Å². The van der Waals surface area contributed by atoms with Crippen molar-refractivity contribution in [2.24, 2.45) is 5.41 Å². The number of aromatic amines is 1. The second kappa shape index (κ2) is 5.77. The van der Waals surface area contributed by atoms with Crippen LogP contribution in [0.25, 0.3) is 10.9 Å². The number of piperidine rings is 3. The Kier molecular flexibility index (Phi) is 3.72. The van der Waals surface area contributed by atoms with Gasteiger partial charge in [-0.15, -0.1) is 0 Å². The first-order valence-electron chi connectivity index (χ1n) is 8.34. The number of esters is 1. The van der Waals surface area contributed by atoms with Gasteiger partial charge in [-0.25, -0.2) is 9.18 Å². The van der Waals surface area contributed by atoms with Gasteiger partial charge in [-0.2, -0.15) is 0 Å². The molecular weight excluding hydrogens is 311 g/mol. The molecule has 0 saturated carbocycles. The number of benzene rings is 1. The van der Waals surface area contributed by atoms with Crippen molar-refractivity contribution in [3.63, 3.8) is 0 Å². The van der Waals surface area contributed by atoms with Crippen molar-refractivity contribution in [1.29, 1.82) is 0 Å². The molecule has 1 aromatic carbocycles. The minimum absolute atomic E-state index is 0.120. The highest BCUT2D eigenvalue weighted by molar-refractivity contribution is 6.04. The van der Waals surface area contributed by atoms with E-state index >= 15 is 0 Å². The van der Waals surface area contributed by atoms with E-state index in [0.717, 1.165) is 38.9 Å². The van der Waals surface area contributed by atoms with Gasteiger partial charge in [0.05, 0.1) is 19.3 Å². The van der Waals surface area contributed by atoms with Gasteiger partial charge in [0, 0.05) is 28.6 Å². The van der Waals surface area contributed by atoms with Gasteiger partial charge in [0.1, 0.15) is 0 Å². The number of fused-ring (bicyclic) bond motifs is 4. The normalized spacial score (nSPS) is 25.8. The first kappa shape index (κ1) is 15.4. The van der Waals surface area contributed by atoms with Crippen LogP contribution in [0.3, 0.4) is 0 Å². The smallest absolute Gasteiger partial charge is 0.340 e. The molecule has 5 rings (SSSR count).